The van der Waals surface area contributed by atoms with E-state index in [-0.39, 0.29) is 26.9 Å². The third kappa shape index (κ3) is 3.81. The lowest BCUT2D eigenvalue weighted by Gasteiger charge is -2.40. The van der Waals surface area contributed by atoms with Crippen molar-refractivity contribution in [2.24, 2.45) is 11.1 Å². The van der Waals surface area contributed by atoms with Gasteiger partial charge in [0, 0.05) is 47.8 Å². The Morgan fingerprint density at radius 1 is 1.17 bits per heavy atom. The number of nitrogens with zero attached hydrogens (tertiary/aromatic N) is 4. The number of nitrogen functional groups attached to an aromatic ring is 1. The van der Waals surface area contributed by atoms with E-state index in [2.05, 4.69) is 15.0 Å². The number of hydrogen-bond donors (Lipinski definition) is 2. The fourth-order valence-corrected chi connectivity index (χ4v) is 4.72. The molecule has 4 rings (SSSR count). The van der Waals surface area contributed by atoms with E-state index in [1.807, 2.05) is 4.90 Å². The second-order valence-corrected chi connectivity index (χ2v) is 8.41. The van der Waals surface area contributed by atoms with Crippen LogP contribution in [0.4, 0.5) is 24.8 Å². The van der Waals surface area contributed by atoms with Gasteiger partial charge in [-0.1, -0.05) is 11.8 Å². The highest BCUT2D eigenvalue weighted by Crippen LogP contribution is 2.44. The molecule has 1 aliphatic carbocycles. The van der Waals surface area contributed by atoms with E-state index in [4.69, 9.17) is 11.5 Å². The van der Waals surface area contributed by atoms with Gasteiger partial charge in [-0.15, -0.1) is 0 Å². The monoisotopic (exact) mass is 436 g/mol. The van der Waals surface area contributed by atoms with Crippen molar-refractivity contribution in [3.05, 3.63) is 42.0 Å². The van der Waals surface area contributed by atoms with Crippen LogP contribution in [0.15, 0.2) is 46.2 Å². The van der Waals surface area contributed by atoms with Gasteiger partial charge in [-0.25, -0.2) is 9.97 Å². The molecule has 1 fully saturated rings. The van der Waals surface area contributed by atoms with Gasteiger partial charge in [0.2, 0.25) is 0 Å². The van der Waals surface area contributed by atoms with Crippen molar-refractivity contribution >= 4 is 29.2 Å². The third-order valence-electron chi connectivity index (χ3n) is 5.48. The van der Waals surface area contributed by atoms with Crippen LogP contribution in [0.25, 0.3) is 0 Å². The number of ketones is 1. The van der Waals surface area contributed by atoms with E-state index in [0.29, 0.717) is 43.9 Å². The molecule has 0 saturated carbocycles. The fourth-order valence-electron chi connectivity index (χ4n) is 3.85. The quantitative estimate of drug-likeness (QED) is 0.755. The molecule has 30 heavy (non-hydrogen) atoms. The van der Waals surface area contributed by atoms with Crippen LogP contribution in [0.2, 0.25) is 0 Å². The number of carbonyl (C=O) groups excluding carboxylic acids is 1. The van der Waals surface area contributed by atoms with E-state index < -0.39 is 11.9 Å². The largest absolute Gasteiger partial charge is 0.434 e. The Kier molecular flexibility index (Phi) is 5.08. The molecular weight excluding hydrogens is 417 g/mol. The van der Waals surface area contributed by atoms with Crippen LogP contribution < -0.4 is 16.4 Å². The van der Waals surface area contributed by atoms with Gasteiger partial charge in [-0.05, 0) is 25.0 Å². The Hall–Kier alpha value is -2.82. The van der Waals surface area contributed by atoms with Crippen LogP contribution in [0.3, 0.4) is 0 Å². The number of alkyl halides is 3. The highest BCUT2D eigenvalue weighted by molar-refractivity contribution is 7.99. The molecule has 0 amide bonds. The number of pyridine rings is 1. The minimum Gasteiger partial charge on any atom is -0.401 e. The Morgan fingerprint density at radius 3 is 2.50 bits per heavy atom. The number of halogens is 3. The van der Waals surface area contributed by atoms with Gasteiger partial charge in [0.25, 0.3) is 0 Å². The molecule has 1 aliphatic heterocycles. The Bertz CT molecular complexity index is 1020. The summed E-state index contributed by atoms with van der Waals surface area (Å²) >= 11 is 0.778. The molecule has 0 aromatic carbocycles. The first-order valence-electron chi connectivity index (χ1n) is 9.26. The van der Waals surface area contributed by atoms with Gasteiger partial charge in [-0.2, -0.15) is 13.2 Å². The van der Waals surface area contributed by atoms with E-state index >= 15 is 0 Å². The van der Waals surface area contributed by atoms with Crippen LogP contribution in [-0.2, 0) is 11.0 Å². The minimum atomic E-state index is -4.58. The molecule has 158 valence electrons. The van der Waals surface area contributed by atoms with Crippen LogP contribution in [0, 0.1) is 5.41 Å². The summed E-state index contributed by atoms with van der Waals surface area (Å²) in [7, 11) is 0. The number of carbonyl (C=O) groups is 1. The van der Waals surface area contributed by atoms with E-state index in [1.165, 1.54) is 24.4 Å². The second-order valence-electron chi connectivity index (χ2n) is 7.38. The molecular formula is C19H19F3N6OS. The standard InChI is InChI=1S/C19H19F3N6OS/c20-19(21,22)15-12(2-1-5-25-15)30-17-16(24)27-14(10-26-17)28-6-3-18(4-7-28)9-11(29)8-13(18)23/h1-2,5,8,10H,3-4,6-7,9,23H2,(H2,24,27). The molecule has 3 heterocycles. The zero-order valence-corrected chi connectivity index (χ0v) is 16.6. The molecule has 7 nitrogen and oxygen atoms in total. The first-order valence-corrected chi connectivity index (χ1v) is 10.1. The van der Waals surface area contributed by atoms with Crippen molar-refractivity contribution in [1.29, 1.82) is 0 Å². The van der Waals surface area contributed by atoms with Crippen molar-refractivity contribution < 1.29 is 18.0 Å². The smallest absolute Gasteiger partial charge is 0.401 e. The molecule has 4 N–H and O–H groups in total. The van der Waals surface area contributed by atoms with Gasteiger partial charge >= 0.3 is 6.18 Å². The highest BCUT2D eigenvalue weighted by Gasteiger charge is 2.42. The number of hydrogen-bond acceptors (Lipinski definition) is 8. The minimum absolute atomic E-state index is 0.0465. The summed E-state index contributed by atoms with van der Waals surface area (Å²) in [5.74, 6) is 0.644. The van der Waals surface area contributed by atoms with Gasteiger partial charge in [0.1, 0.15) is 10.8 Å². The highest BCUT2D eigenvalue weighted by atomic mass is 32.2. The van der Waals surface area contributed by atoms with E-state index in [1.54, 1.807) is 0 Å². The number of nitrogens with two attached hydrogens (primary N) is 2. The van der Waals surface area contributed by atoms with Crippen molar-refractivity contribution in [2.45, 2.75) is 35.4 Å². The molecule has 1 spiro atoms. The van der Waals surface area contributed by atoms with Crippen LogP contribution in [0.5, 0.6) is 0 Å². The molecule has 2 aromatic rings. The number of aromatic nitrogens is 3. The maximum Gasteiger partial charge on any atom is 0.434 e. The normalized spacial score (nSPS) is 18.7. The predicted molar refractivity (Wildman–Crippen MR) is 106 cm³/mol. The Labute approximate surface area is 174 Å². The predicted octanol–water partition coefficient (Wildman–Crippen LogP) is 3.03. The van der Waals surface area contributed by atoms with Gasteiger partial charge < -0.3 is 16.4 Å². The Balaban J connectivity index is 1.49. The average Bonchev–Trinajstić information content (AvgIpc) is 2.96. The number of allylic oxidation sites excluding steroid dienone is 2. The van der Waals surface area contributed by atoms with Crippen molar-refractivity contribution in [3.63, 3.8) is 0 Å². The molecule has 0 unspecified atom stereocenters. The summed E-state index contributed by atoms with van der Waals surface area (Å²) in [5.41, 5.74) is 11.4. The molecule has 0 atom stereocenters. The van der Waals surface area contributed by atoms with Crippen LogP contribution in [0.1, 0.15) is 25.0 Å². The Morgan fingerprint density at radius 2 is 1.90 bits per heavy atom. The van der Waals surface area contributed by atoms with Crippen LogP contribution in [-0.4, -0.2) is 33.8 Å². The lowest BCUT2D eigenvalue weighted by atomic mass is 9.76. The molecule has 11 heteroatoms. The molecule has 0 bridgehead atoms. The van der Waals surface area contributed by atoms with E-state index in [0.717, 1.165) is 18.0 Å². The van der Waals surface area contributed by atoms with Crippen molar-refractivity contribution in [2.75, 3.05) is 23.7 Å². The average molecular weight is 436 g/mol. The van der Waals surface area contributed by atoms with E-state index in [9.17, 15) is 18.0 Å². The van der Waals surface area contributed by atoms with Crippen molar-refractivity contribution in [1.82, 2.24) is 15.0 Å². The zero-order chi connectivity index (χ0) is 21.5. The topological polar surface area (TPSA) is 111 Å². The summed E-state index contributed by atoms with van der Waals surface area (Å²) < 4.78 is 39.5. The van der Waals surface area contributed by atoms with Crippen molar-refractivity contribution in [3.8, 4) is 0 Å². The molecule has 1 saturated heterocycles. The summed E-state index contributed by atoms with van der Waals surface area (Å²) in [6, 6.07) is 2.74. The summed E-state index contributed by atoms with van der Waals surface area (Å²) in [4.78, 5) is 25.6. The zero-order valence-electron chi connectivity index (χ0n) is 15.8. The number of rotatable bonds is 3. The fraction of sp³-hybridized carbons (Fsp3) is 0.368. The molecule has 0 radical (unpaired) electrons. The maximum absolute atomic E-state index is 13.2. The first kappa shape index (κ1) is 20.5. The number of piperidine rings is 1. The van der Waals surface area contributed by atoms with Gasteiger partial charge in [-0.3, -0.25) is 9.78 Å². The summed E-state index contributed by atoms with van der Waals surface area (Å²) in [6.45, 7) is 1.26. The molecule has 2 aromatic heterocycles. The lowest BCUT2D eigenvalue weighted by Crippen LogP contribution is -2.42. The van der Waals surface area contributed by atoms with Crippen LogP contribution >= 0.6 is 11.8 Å². The van der Waals surface area contributed by atoms with Gasteiger partial charge in [0.05, 0.1) is 6.20 Å². The second kappa shape index (κ2) is 7.46. The third-order valence-corrected chi connectivity index (χ3v) is 6.54. The SMILES string of the molecule is NC1=CC(=O)CC12CCN(c1cnc(Sc3cccnc3C(F)(F)F)c(N)n1)CC2. The lowest BCUT2D eigenvalue weighted by molar-refractivity contribution is -0.143. The summed E-state index contributed by atoms with van der Waals surface area (Å²) in [6.07, 6.45) is 1.39. The first-order chi connectivity index (χ1) is 14.2. The van der Waals surface area contributed by atoms with Gasteiger partial charge in [0.15, 0.2) is 17.3 Å². The maximum atomic E-state index is 13.2. The number of anilines is 2. The molecule has 2 aliphatic rings. The summed E-state index contributed by atoms with van der Waals surface area (Å²) in [5, 5.41) is 0.180.